The molecule has 0 aromatic heterocycles. The number of phenols is 29. The van der Waals surface area contributed by atoms with Gasteiger partial charge >= 0.3 is 59.7 Å². The number of hydrogen-bond acceptors (Lipinski definition) is 52. The van der Waals surface area contributed by atoms with Crippen molar-refractivity contribution in [3.05, 3.63) is 122 Å². The molecule has 0 saturated carbocycles. The van der Waals surface area contributed by atoms with Gasteiger partial charge in [0.1, 0.15) is 31.0 Å². The van der Waals surface area contributed by atoms with E-state index in [0.717, 1.165) is 0 Å². The molecule has 134 heavy (non-hydrogen) atoms. The summed E-state index contributed by atoms with van der Waals surface area (Å²) in [7, 11) is 0. The van der Waals surface area contributed by atoms with E-state index in [1.54, 1.807) is 0 Å². The fourth-order valence-electron chi connectivity index (χ4n) is 15.2. The van der Waals surface area contributed by atoms with Crippen LogP contribution >= 0.6 is 0 Å². The first-order valence-electron chi connectivity index (χ1n) is 37.2. The second kappa shape index (κ2) is 31.7. The molecule has 0 radical (unpaired) electrons. The van der Waals surface area contributed by atoms with Crippen LogP contribution in [-0.4, -0.2) is 282 Å². The smallest absolute Gasteiger partial charge is 0.344 e. The van der Waals surface area contributed by atoms with Crippen molar-refractivity contribution >= 4 is 59.7 Å². The molecular formula is C82H54O52. The second-order valence-electron chi connectivity index (χ2n) is 29.4. The highest BCUT2D eigenvalue weighted by molar-refractivity contribution is 6.13. The highest BCUT2D eigenvalue weighted by Gasteiger charge is 2.59. The Balaban J connectivity index is 0.804. The van der Waals surface area contributed by atoms with Crippen LogP contribution < -0.4 is 4.74 Å². The average molecular weight is 1870 g/mol. The van der Waals surface area contributed by atoms with Gasteiger partial charge in [-0.25, -0.2) is 47.9 Å². The van der Waals surface area contributed by atoms with Gasteiger partial charge in [0.15, 0.2) is 139 Å². The minimum atomic E-state index is -3.08. The van der Waals surface area contributed by atoms with Crippen LogP contribution in [0.4, 0.5) is 0 Å². The Kier molecular flexibility index (Phi) is 20.9. The number of fused-ring (bicyclic) bond motifs is 18. The Morgan fingerprint density at radius 3 is 0.739 bits per heavy atom. The van der Waals surface area contributed by atoms with E-state index in [0.29, 0.717) is 12.1 Å². The molecule has 52 nitrogen and oxygen atoms in total. The van der Waals surface area contributed by atoms with Gasteiger partial charge in [-0.05, 0) is 60.7 Å². The molecular weight excluding hydrogens is 1820 g/mol. The molecule has 16 rings (SSSR count). The van der Waals surface area contributed by atoms with Crippen LogP contribution in [0.3, 0.4) is 0 Å². The highest BCUT2D eigenvalue weighted by atomic mass is 16.8. The van der Waals surface area contributed by atoms with Crippen LogP contribution in [0.1, 0.15) is 104 Å². The Morgan fingerprint density at radius 1 is 0.239 bits per heavy atom. The first kappa shape index (κ1) is 88.3. The number of ether oxygens (including phenoxy) is 13. The summed E-state index contributed by atoms with van der Waals surface area (Å²) in [5, 5.41) is 322. The summed E-state index contributed by atoms with van der Waals surface area (Å²) >= 11 is 0. The van der Waals surface area contributed by atoms with Crippen molar-refractivity contribution in [3.63, 3.8) is 0 Å². The van der Waals surface area contributed by atoms with Gasteiger partial charge in [-0.1, -0.05) is 0 Å². The molecule has 52 heteroatoms. The summed E-state index contributed by atoms with van der Waals surface area (Å²) in [6, 6.07) is 2.87. The molecule has 6 heterocycles. The zero-order valence-electron chi connectivity index (χ0n) is 65.4. The number of cyclic esters (lactones) is 2. The van der Waals surface area contributed by atoms with Gasteiger partial charge in [0.05, 0.1) is 50.1 Å². The number of aromatic hydroxyl groups is 29. The van der Waals surface area contributed by atoms with Gasteiger partial charge in [-0.15, -0.1) is 0 Å². The predicted octanol–water partition coefficient (Wildman–Crippen LogP) is 3.69. The third-order valence-electron chi connectivity index (χ3n) is 21.6. The molecule has 0 spiro atoms. The summed E-state index contributed by atoms with van der Waals surface area (Å²) in [5.41, 5.74) is -23.2. The van der Waals surface area contributed by atoms with E-state index in [-0.39, 0.29) is 54.6 Å². The highest BCUT2D eigenvalue weighted by Crippen LogP contribution is 2.61. The number of benzene rings is 10. The lowest BCUT2D eigenvalue weighted by atomic mass is 9.91. The molecule has 0 amide bonds. The van der Waals surface area contributed by atoms with Crippen LogP contribution in [0.15, 0.2) is 66.7 Å². The monoisotopic (exact) mass is 1870 g/mol. The molecule has 10 aromatic rings. The average Bonchev–Trinajstić information content (AvgIpc) is 1.19. The van der Waals surface area contributed by atoms with E-state index in [4.69, 9.17) is 61.6 Å². The lowest BCUT2D eigenvalue weighted by Gasteiger charge is -2.44. The van der Waals surface area contributed by atoms with Crippen molar-refractivity contribution in [3.8, 4) is 223 Å². The number of carbonyl (C=O) groups is 10. The summed E-state index contributed by atoms with van der Waals surface area (Å²) in [5.74, 6) is -68.5. The molecule has 2 fully saturated rings. The van der Waals surface area contributed by atoms with Crippen molar-refractivity contribution in [2.75, 3.05) is 13.2 Å². The minimum Gasteiger partial charge on any atom is -0.504 e. The molecule has 6 aliphatic heterocycles. The van der Waals surface area contributed by atoms with Crippen LogP contribution in [0.25, 0.3) is 44.5 Å². The lowest BCUT2D eigenvalue weighted by molar-refractivity contribution is -0.283. The fourth-order valence-corrected chi connectivity index (χ4v) is 15.2. The third-order valence-corrected chi connectivity index (χ3v) is 21.6. The third kappa shape index (κ3) is 13.9. The molecule has 10 unspecified atom stereocenters. The quantitative estimate of drug-likeness (QED) is 0.0641. The Labute approximate surface area is 734 Å². The van der Waals surface area contributed by atoms with Crippen LogP contribution in [-0.2, 0) is 56.8 Å². The van der Waals surface area contributed by atoms with Crippen LogP contribution in [0.5, 0.6) is 178 Å². The normalized spacial score (nSPS) is 20.1. The lowest BCUT2D eigenvalue weighted by Crippen LogP contribution is -2.63. The van der Waals surface area contributed by atoms with Crippen molar-refractivity contribution in [1.29, 1.82) is 0 Å². The first-order valence-corrected chi connectivity index (χ1v) is 37.2. The molecule has 10 aromatic carbocycles. The van der Waals surface area contributed by atoms with Gasteiger partial charge in [-0.2, -0.15) is 0 Å². The number of phenolic OH excluding ortho intramolecular Hbond substituents is 29. The number of esters is 10. The maximum Gasteiger partial charge on any atom is 0.344 e. The van der Waals surface area contributed by atoms with Crippen molar-refractivity contribution in [2.24, 2.45) is 0 Å². The zero-order valence-corrected chi connectivity index (χ0v) is 65.4. The van der Waals surface area contributed by atoms with Gasteiger partial charge in [0, 0.05) is 50.6 Å². The standard InChI is InChI=1S/C82H54O52/c83-24-1-14(71(112)133-81-69-67(129-76(117)19-7-29(88)50(98)59(107)41(19)43-21(78(119)131-69)9-31(90)52(100)61(43)109)65-35(125-81)12-122-72(113)15-3-25(84)46(94)55(103)37(15)39-17(74(115)127-65)5-27(86)48(96)57(39)105)2-34(45(24)93)124-64-23(11-33(92)54(102)63(64)111)80(121)134-82-70-68(130-77(118)20-8-30(89)51(99)60(108)42(20)44-22(79(120)132-70)10-32(91)53(101)62(44)110)66-36(126-82)13-123-73(114)16-4-26(85)47(95)56(104)38(16)40-18(75(116)128-66)6-28(87)49(97)58(40)106/h1-11,35-36,65-70,81-111H,12-13H2. The van der Waals surface area contributed by atoms with Crippen LogP contribution in [0.2, 0.25) is 0 Å². The van der Waals surface area contributed by atoms with Crippen molar-refractivity contribution < 1.29 is 258 Å². The molecule has 0 bridgehead atoms. The van der Waals surface area contributed by atoms with Gasteiger partial charge < -0.3 is 210 Å². The van der Waals surface area contributed by atoms with Gasteiger partial charge in [0.25, 0.3) is 0 Å². The molecule has 10 atom stereocenters. The first-order chi connectivity index (χ1) is 63.1. The van der Waals surface area contributed by atoms with E-state index in [9.17, 15) is 158 Å². The number of carbonyl (C=O) groups excluding carboxylic acids is 10. The van der Waals surface area contributed by atoms with E-state index in [2.05, 4.69) is 0 Å². The molecule has 0 aliphatic carbocycles. The van der Waals surface area contributed by atoms with Crippen LogP contribution in [0, 0.1) is 0 Å². The van der Waals surface area contributed by atoms with Gasteiger partial charge in [-0.3, -0.25) is 0 Å². The summed E-state index contributed by atoms with van der Waals surface area (Å²) in [6.45, 7) is -3.12. The Bertz CT molecular complexity index is 6980. The largest absolute Gasteiger partial charge is 0.504 e. The minimum absolute atomic E-state index is 0.111. The van der Waals surface area contributed by atoms with Crippen molar-refractivity contribution in [2.45, 2.75) is 61.4 Å². The second-order valence-corrected chi connectivity index (χ2v) is 29.4. The summed E-state index contributed by atoms with van der Waals surface area (Å²) in [6.07, 6.45) is -28.4. The predicted molar refractivity (Wildman–Crippen MR) is 413 cm³/mol. The number of hydrogen-bond donors (Lipinski definition) is 29. The summed E-state index contributed by atoms with van der Waals surface area (Å²) < 4.78 is 74.7. The molecule has 6 aliphatic rings. The molecule has 694 valence electrons. The van der Waals surface area contributed by atoms with Crippen molar-refractivity contribution in [1.82, 2.24) is 0 Å². The van der Waals surface area contributed by atoms with E-state index >= 15 is 38.4 Å². The maximum absolute atomic E-state index is 15.4. The maximum atomic E-state index is 15.4. The SMILES string of the molecule is O=C(OC1OC2COC(=O)c3cc(O)c(O)c(O)c3-c3c(cc(O)c(O)c3O)C(=O)OC2C2OC(=O)c3cc(O)c(O)c(O)c3-c3c(cc(O)c(O)c3O)C(=O)OC12)c1cc(O)c(O)c(Oc2c(C(=O)OC3OC4COC(=O)c5cc(O)c(O)c(O)c5-c5c(cc(O)c(O)c5O)C(=O)OC4C4OC(=O)c5cc(O)c(O)c(O)c5-c5c(cc(O)c(O)c5O)C(=O)OC34)cc(O)c(O)c2O)c1. The topological polar surface area (TPSA) is 877 Å². The Hall–Kier alpha value is -19.2. The van der Waals surface area contributed by atoms with E-state index < -0.39 is 413 Å². The number of rotatable bonds is 6. The van der Waals surface area contributed by atoms with E-state index in [1.165, 1.54) is 0 Å². The molecule has 2 saturated heterocycles. The summed E-state index contributed by atoms with van der Waals surface area (Å²) in [4.78, 5) is 150. The van der Waals surface area contributed by atoms with Gasteiger partial charge in [0.2, 0.25) is 88.0 Å². The zero-order chi connectivity index (χ0) is 97.2. The Morgan fingerprint density at radius 2 is 0.463 bits per heavy atom. The van der Waals surface area contributed by atoms with E-state index in [1.807, 2.05) is 0 Å². The molecule has 29 N–H and O–H groups in total. The fraction of sp³-hybridized carbons (Fsp3) is 0.146.